The Bertz CT molecular complexity index is 611. The van der Waals surface area contributed by atoms with Gasteiger partial charge in [0.2, 0.25) is 5.89 Å². The van der Waals surface area contributed by atoms with E-state index >= 15 is 0 Å². The van der Waals surface area contributed by atoms with Crippen LogP contribution in [0.4, 0.5) is 0 Å². The molecule has 1 saturated heterocycles. The van der Waals surface area contributed by atoms with Crippen molar-refractivity contribution in [2.45, 2.75) is 32.1 Å². The summed E-state index contributed by atoms with van der Waals surface area (Å²) in [6.45, 7) is 3.40. The minimum Gasteiger partial charge on any atom is -0.339 e. The molecule has 0 spiro atoms. The molecule has 1 aliphatic rings. The summed E-state index contributed by atoms with van der Waals surface area (Å²) in [5.41, 5.74) is 0.674. The molecule has 1 fully saturated rings. The van der Waals surface area contributed by atoms with E-state index < -0.39 is 0 Å². The van der Waals surface area contributed by atoms with Crippen LogP contribution in [-0.2, 0) is 6.42 Å². The molecule has 0 aliphatic carbocycles. The third-order valence-electron chi connectivity index (χ3n) is 3.79. The quantitative estimate of drug-likeness (QED) is 0.863. The van der Waals surface area contributed by atoms with Gasteiger partial charge >= 0.3 is 0 Å². The lowest BCUT2D eigenvalue weighted by Crippen LogP contribution is -2.39. The van der Waals surface area contributed by atoms with Crippen LogP contribution in [0.5, 0.6) is 0 Å². The van der Waals surface area contributed by atoms with Gasteiger partial charge in [0, 0.05) is 43.4 Å². The van der Waals surface area contributed by atoms with Gasteiger partial charge in [-0.05, 0) is 25.0 Å². The van der Waals surface area contributed by atoms with Crippen molar-refractivity contribution in [3.05, 3.63) is 41.8 Å². The molecule has 1 atom stereocenters. The Morgan fingerprint density at radius 2 is 2.24 bits per heavy atom. The van der Waals surface area contributed by atoms with Gasteiger partial charge in [0.1, 0.15) is 0 Å². The monoisotopic (exact) mass is 286 g/mol. The number of aryl methyl sites for hydroxylation is 1. The first-order valence-electron chi connectivity index (χ1n) is 7.29. The van der Waals surface area contributed by atoms with Gasteiger partial charge in [-0.15, -0.1) is 0 Å². The van der Waals surface area contributed by atoms with Gasteiger partial charge in [0.25, 0.3) is 5.91 Å². The van der Waals surface area contributed by atoms with Crippen LogP contribution in [0, 0.1) is 0 Å². The van der Waals surface area contributed by atoms with E-state index in [0.717, 1.165) is 31.6 Å². The van der Waals surface area contributed by atoms with E-state index in [1.807, 2.05) is 11.8 Å². The van der Waals surface area contributed by atoms with E-state index in [-0.39, 0.29) is 11.8 Å². The van der Waals surface area contributed by atoms with Gasteiger partial charge in [-0.2, -0.15) is 4.98 Å². The van der Waals surface area contributed by atoms with Crippen molar-refractivity contribution in [3.63, 3.8) is 0 Å². The summed E-state index contributed by atoms with van der Waals surface area (Å²) in [6.07, 6.45) is 5.96. The highest BCUT2D eigenvalue weighted by Crippen LogP contribution is 2.25. The molecule has 6 heteroatoms. The number of aromatic nitrogens is 3. The molecule has 0 radical (unpaired) electrons. The molecule has 6 nitrogen and oxygen atoms in total. The molecule has 1 amide bonds. The van der Waals surface area contributed by atoms with E-state index in [4.69, 9.17) is 4.52 Å². The molecule has 3 heterocycles. The van der Waals surface area contributed by atoms with E-state index in [1.54, 1.807) is 24.5 Å². The Hall–Kier alpha value is -2.24. The number of piperidine rings is 1. The SMILES string of the molecule is CCc1nc([C@H]2CCCN(C(=O)c3ccncc3)C2)no1. The van der Waals surface area contributed by atoms with Crippen LogP contribution < -0.4 is 0 Å². The van der Waals surface area contributed by atoms with Crippen molar-refractivity contribution in [2.24, 2.45) is 0 Å². The van der Waals surface area contributed by atoms with Gasteiger partial charge in [-0.25, -0.2) is 0 Å². The van der Waals surface area contributed by atoms with Crippen LogP contribution in [0.25, 0.3) is 0 Å². The molecular formula is C15H18N4O2. The van der Waals surface area contributed by atoms with Crippen LogP contribution >= 0.6 is 0 Å². The molecule has 3 rings (SSSR count). The third-order valence-corrected chi connectivity index (χ3v) is 3.79. The van der Waals surface area contributed by atoms with E-state index in [9.17, 15) is 4.79 Å². The first-order valence-corrected chi connectivity index (χ1v) is 7.29. The Kier molecular flexibility index (Phi) is 3.94. The minimum absolute atomic E-state index is 0.0429. The van der Waals surface area contributed by atoms with Crippen molar-refractivity contribution in [1.29, 1.82) is 0 Å². The fraction of sp³-hybridized carbons (Fsp3) is 0.467. The van der Waals surface area contributed by atoms with E-state index in [1.165, 1.54) is 0 Å². The van der Waals surface area contributed by atoms with Gasteiger partial charge < -0.3 is 9.42 Å². The van der Waals surface area contributed by atoms with Gasteiger partial charge in [-0.1, -0.05) is 12.1 Å². The predicted molar refractivity (Wildman–Crippen MR) is 75.8 cm³/mol. The second-order valence-corrected chi connectivity index (χ2v) is 5.23. The first-order chi connectivity index (χ1) is 10.3. The normalized spacial score (nSPS) is 18.7. The zero-order valence-electron chi connectivity index (χ0n) is 12.0. The smallest absolute Gasteiger partial charge is 0.253 e. The average Bonchev–Trinajstić information content (AvgIpc) is 3.04. The number of nitrogens with zero attached hydrogens (tertiary/aromatic N) is 4. The third kappa shape index (κ3) is 2.94. The van der Waals surface area contributed by atoms with Crippen molar-refractivity contribution < 1.29 is 9.32 Å². The predicted octanol–water partition coefficient (Wildman–Crippen LogP) is 2.05. The van der Waals surface area contributed by atoms with E-state index in [2.05, 4.69) is 15.1 Å². The zero-order valence-corrected chi connectivity index (χ0v) is 12.0. The second-order valence-electron chi connectivity index (χ2n) is 5.23. The summed E-state index contributed by atoms with van der Waals surface area (Å²) in [6, 6.07) is 3.49. The standard InChI is InChI=1S/C15H18N4O2/c1-2-13-17-14(18-21-13)12-4-3-9-19(10-12)15(20)11-5-7-16-8-6-11/h5-8,12H,2-4,9-10H2,1H3/t12-/m0/s1. The number of hydrogen-bond acceptors (Lipinski definition) is 5. The average molecular weight is 286 g/mol. The van der Waals surface area contributed by atoms with Gasteiger partial charge in [0.05, 0.1) is 0 Å². The summed E-state index contributed by atoms with van der Waals surface area (Å²) < 4.78 is 5.17. The van der Waals surface area contributed by atoms with Crippen molar-refractivity contribution >= 4 is 5.91 Å². The highest BCUT2D eigenvalue weighted by Gasteiger charge is 2.28. The number of carbonyl (C=O) groups excluding carboxylic acids is 1. The zero-order chi connectivity index (χ0) is 14.7. The van der Waals surface area contributed by atoms with Crippen LogP contribution in [-0.4, -0.2) is 39.0 Å². The summed E-state index contributed by atoms with van der Waals surface area (Å²) in [5.74, 6) is 1.58. The molecule has 0 saturated carbocycles. The largest absolute Gasteiger partial charge is 0.339 e. The highest BCUT2D eigenvalue weighted by molar-refractivity contribution is 5.94. The maximum absolute atomic E-state index is 12.5. The maximum atomic E-state index is 12.5. The molecule has 110 valence electrons. The Labute approximate surface area is 123 Å². The Morgan fingerprint density at radius 1 is 1.43 bits per heavy atom. The lowest BCUT2D eigenvalue weighted by molar-refractivity contribution is 0.0703. The van der Waals surface area contributed by atoms with Crippen LogP contribution in [0.15, 0.2) is 29.0 Å². The summed E-state index contributed by atoms with van der Waals surface area (Å²) in [4.78, 5) is 22.7. The highest BCUT2D eigenvalue weighted by atomic mass is 16.5. The van der Waals surface area contributed by atoms with Crippen LogP contribution in [0.2, 0.25) is 0 Å². The van der Waals surface area contributed by atoms with Gasteiger partial charge in [-0.3, -0.25) is 9.78 Å². The molecule has 2 aromatic heterocycles. The van der Waals surface area contributed by atoms with Crippen LogP contribution in [0.1, 0.15) is 47.8 Å². The molecular weight excluding hydrogens is 268 g/mol. The summed E-state index contributed by atoms with van der Waals surface area (Å²) in [7, 11) is 0. The van der Waals surface area contributed by atoms with Crippen molar-refractivity contribution in [3.8, 4) is 0 Å². The topological polar surface area (TPSA) is 72.1 Å². The number of amides is 1. The number of hydrogen-bond donors (Lipinski definition) is 0. The summed E-state index contributed by atoms with van der Waals surface area (Å²) in [5, 5.41) is 4.04. The molecule has 0 unspecified atom stereocenters. The molecule has 0 aromatic carbocycles. The van der Waals surface area contributed by atoms with Crippen molar-refractivity contribution in [1.82, 2.24) is 20.0 Å². The number of pyridine rings is 1. The first kappa shape index (κ1) is 13.7. The lowest BCUT2D eigenvalue weighted by Gasteiger charge is -2.31. The van der Waals surface area contributed by atoms with E-state index in [0.29, 0.717) is 18.0 Å². The number of carbonyl (C=O) groups is 1. The summed E-state index contributed by atoms with van der Waals surface area (Å²) >= 11 is 0. The maximum Gasteiger partial charge on any atom is 0.253 e. The van der Waals surface area contributed by atoms with Gasteiger partial charge in [0.15, 0.2) is 5.82 Å². The number of likely N-dealkylation sites (tertiary alicyclic amines) is 1. The fourth-order valence-corrected chi connectivity index (χ4v) is 2.63. The second kappa shape index (κ2) is 6.03. The van der Waals surface area contributed by atoms with Crippen molar-refractivity contribution in [2.75, 3.05) is 13.1 Å². The Balaban J connectivity index is 1.72. The lowest BCUT2D eigenvalue weighted by atomic mass is 9.97. The molecule has 21 heavy (non-hydrogen) atoms. The molecule has 1 aliphatic heterocycles. The van der Waals surface area contributed by atoms with Crippen LogP contribution in [0.3, 0.4) is 0 Å². The fourth-order valence-electron chi connectivity index (χ4n) is 2.63. The Morgan fingerprint density at radius 3 is 2.95 bits per heavy atom. The molecule has 2 aromatic rings. The molecule has 0 bridgehead atoms. The minimum atomic E-state index is 0.0429. The molecule has 0 N–H and O–H groups in total. The number of rotatable bonds is 3.